The number of likely N-dealkylation sites (tertiary alicyclic amines) is 1. The molecule has 0 saturated carbocycles. The largest absolute Gasteiger partial charge is 0.368 e. The van der Waals surface area contributed by atoms with E-state index in [0.717, 1.165) is 11.1 Å². The zero-order valence-corrected chi connectivity index (χ0v) is 31.3. The van der Waals surface area contributed by atoms with E-state index in [-0.39, 0.29) is 37.6 Å². The lowest BCUT2D eigenvalue weighted by Gasteiger charge is -2.31. The fraction of sp³-hybridized carbons (Fsp3) is 0.526. The van der Waals surface area contributed by atoms with Crippen LogP contribution in [0.15, 0.2) is 60.7 Å². The van der Waals surface area contributed by atoms with Crippen LogP contribution in [0, 0.1) is 5.92 Å². The maximum atomic E-state index is 14.4. The van der Waals surface area contributed by atoms with Crippen LogP contribution in [0.2, 0.25) is 0 Å². The molecule has 1 saturated heterocycles. The normalized spacial score (nSPS) is 16.3. The van der Waals surface area contributed by atoms with E-state index in [1.165, 1.54) is 16.7 Å². The van der Waals surface area contributed by atoms with Crippen molar-refractivity contribution in [1.29, 1.82) is 0 Å². The summed E-state index contributed by atoms with van der Waals surface area (Å²) in [6.07, 6.45) is 4.43. The number of carbonyl (C=O) groups excluding carboxylic acids is 6. The summed E-state index contributed by atoms with van der Waals surface area (Å²) in [5.74, 6) is -2.33. The van der Waals surface area contributed by atoms with Crippen LogP contribution in [-0.2, 0) is 41.6 Å². The SMILES string of the molecule is CSCC[C@H](NC(=O)[C@H](CC(C)C)NC(=O)[C@@H]1CCCN1C(=O)[C@H](Cc1ccccc1)NC(=O)[C@H](Cc1ccccc1)NC(=O)CCCN)C(N)=O. The highest BCUT2D eigenvalue weighted by atomic mass is 32.2. The zero-order chi connectivity index (χ0) is 38.0. The minimum Gasteiger partial charge on any atom is -0.368 e. The van der Waals surface area contributed by atoms with Crippen molar-refractivity contribution in [3.05, 3.63) is 71.8 Å². The van der Waals surface area contributed by atoms with Crippen LogP contribution >= 0.6 is 11.8 Å². The second kappa shape index (κ2) is 21.8. The number of nitrogens with zero attached hydrogens (tertiary/aromatic N) is 1. The average Bonchev–Trinajstić information content (AvgIpc) is 3.62. The van der Waals surface area contributed by atoms with Gasteiger partial charge in [0.2, 0.25) is 35.4 Å². The first-order valence-electron chi connectivity index (χ1n) is 18.0. The minimum absolute atomic E-state index is 0.0284. The summed E-state index contributed by atoms with van der Waals surface area (Å²) in [5.41, 5.74) is 12.8. The second-order valence-electron chi connectivity index (χ2n) is 13.6. The molecule has 0 unspecified atom stereocenters. The Balaban J connectivity index is 1.84. The van der Waals surface area contributed by atoms with E-state index in [0.29, 0.717) is 44.4 Å². The molecule has 1 aliphatic heterocycles. The summed E-state index contributed by atoms with van der Waals surface area (Å²) >= 11 is 1.52. The molecule has 0 aliphatic carbocycles. The van der Waals surface area contributed by atoms with Gasteiger partial charge in [0.15, 0.2) is 0 Å². The average molecular weight is 738 g/mol. The standard InChI is InChI=1S/C38H55N7O6S/c1-25(2)22-29(35(48)42-28(34(40)47)18-21-52-3)43-37(50)32-16-11-20-45(32)38(51)31(24-27-14-8-5-9-15-27)44-36(49)30(41-33(46)17-10-19-39)23-26-12-6-4-7-13-26/h4-9,12-15,25,28-32H,10-11,16-24,39H2,1-3H3,(H2,40,47)(H,41,46)(H,42,48)(H,43,50)(H,44,49)/t28-,29-,30-,31-,32-/m0/s1. The van der Waals surface area contributed by atoms with E-state index in [1.807, 2.05) is 80.8 Å². The Morgan fingerprint density at radius 2 is 1.38 bits per heavy atom. The number of amides is 6. The van der Waals surface area contributed by atoms with Gasteiger partial charge in [-0.3, -0.25) is 28.8 Å². The Kier molecular flexibility index (Phi) is 17.6. The minimum atomic E-state index is -1.05. The fourth-order valence-corrected chi connectivity index (χ4v) is 6.65. The van der Waals surface area contributed by atoms with E-state index in [4.69, 9.17) is 11.5 Å². The highest BCUT2D eigenvalue weighted by Crippen LogP contribution is 2.21. The lowest BCUT2D eigenvalue weighted by molar-refractivity contribution is -0.142. The van der Waals surface area contributed by atoms with Crippen LogP contribution in [0.25, 0.3) is 0 Å². The predicted octanol–water partition coefficient (Wildman–Crippen LogP) is 1.43. The van der Waals surface area contributed by atoms with Gasteiger partial charge < -0.3 is 37.6 Å². The van der Waals surface area contributed by atoms with Crippen molar-refractivity contribution >= 4 is 47.2 Å². The molecule has 14 heteroatoms. The van der Waals surface area contributed by atoms with Gasteiger partial charge in [-0.2, -0.15) is 11.8 Å². The zero-order valence-electron chi connectivity index (χ0n) is 30.5. The van der Waals surface area contributed by atoms with Gasteiger partial charge >= 0.3 is 0 Å². The summed E-state index contributed by atoms with van der Waals surface area (Å²) in [6, 6.07) is 13.8. The number of thioether (sulfide) groups is 1. The molecular weight excluding hydrogens is 683 g/mol. The third-order valence-electron chi connectivity index (χ3n) is 8.89. The van der Waals surface area contributed by atoms with Crippen molar-refractivity contribution in [1.82, 2.24) is 26.2 Å². The third-order valence-corrected chi connectivity index (χ3v) is 9.53. The molecule has 284 valence electrons. The van der Waals surface area contributed by atoms with Crippen LogP contribution in [0.5, 0.6) is 0 Å². The second-order valence-corrected chi connectivity index (χ2v) is 14.6. The lowest BCUT2D eigenvalue weighted by atomic mass is 10.0. The van der Waals surface area contributed by atoms with Gasteiger partial charge in [-0.15, -0.1) is 0 Å². The van der Waals surface area contributed by atoms with Crippen molar-refractivity contribution < 1.29 is 28.8 Å². The van der Waals surface area contributed by atoms with Gasteiger partial charge in [0.05, 0.1) is 0 Å². The van der Waals surface area contributed by atoms with Gasteiger partial charge in [0.1, 0.15) is 30.2 Å². The van der Waals surface area contributed by atoms with Gasteiger partial charge in [0, 0.05) is 25.8 Å². The van der Waals surface area contributed by atoms with Crippen LogP contribution in [-0.4, -0.2) is 95.7 Å². The van der Waals surface area contributed by atoms with E-state index in [1.54, 1.807) is 0 Å². The summed E-state index contributed by atoms with van der Waals surface area (Å²) < 4.78 is 0. The molecule has 1 aliphatic rings. The molecule has 5 atom stereocenters. The molecule has 3 rings (SSSR count). The van der Waals surface area contributed by atoms with Crippen molar-refractivity contribution in [3.8, 4) is 0 Å². The molecule has 13 nitrogen and oxygen atoms in total. The molecule has 2 aromatic carbocycles. The molecule has 52 heavy (non-hydrogen) atoms. The number of benzene rings is 2. The summed E-state index contributed by atoms with van der Waals surface area (Å²) in [5, 5.41) is 11.3. The van der Waals surface area contributed by atoms with Crippen molar-refractivity contribution in [2.75, 3.05) is 25.1 Å². The fourth-order valence-electron chi connectivity index (χ4n) is 6.18. The third kappa shape index (κ3) is 13.6. The molecular formula is C38H55N7O6S. The van der Waals surface area contributed by atoms with E-state index in [2.05, 4.69) is 21.3 Å². The first kappa shape index (κ1) is 42.0. The lowest BCUT2D eigenvalue weighted by Crippen LogP contribution is -2.59. The highest BCUT2D eigenvalue weighted by molar-refractivity contribution is 7.98. The van der Waals surface area contributed by atoms with Crippen LogP contribution in [0.1, 0.15) is 63.5 Å². The predicted molar refractivity (Wildman–Crippen MR) is 203 cm³/mol. The maximum absolute atomic E-state index is 14.4. The van der Waals surface area contributed by atoms with Gasteiger partial charge in [-0.05, 0) is 67.7 Å². The van der Waals surface area contributed by atoms with Gasteiger partial charge in [-0.25, -0.2) is 0 Å². The number of rotatable bonds is 21. The quantitative estimate of drug-likeness (QED) is 0.110. The van der Waals surface area contributed by atoms with Crippen LogP contribution in [0.3, 0.4) is 0 Å². The topological polar surface area (TPSA) is 206 Å². The molecule has 1 fully saturated rings. The van der Waals surface area contributed by atoms with Crippen molar-refractivity contribution in [2.45, 2.75) is 95.4 Å². The van der Waals surface area contributed by atoms with E-state index in [9.17, 15) is 28.8 Å². The molecule has 8 N–H and O–H groups in total. The Hall–Kier alpha value is -4.43. The number of nitrogens with two attached hydrogens (primary N) is 2. The van der Waals surface area contributed by atoms with Crippen LogP contribution in [0.4, 0.5) is 0 Å². The Bertz CT molecular complexity index is 1480. The number of nitrogens with one attached hydrogen (secondary N) is 4. The summed E-state index contributed by atoms with van der Waals surface area (Å²) in [6.45, 7) is 4.44. The van der Waals surface area contributed by atoms with Gasteiger partial charge in [-0.1, -0.05) is 74.5 Å². The number of carbonyl (C=O) groups is 6. The first-order valence-corrected chi connectivity index (χ1v) is 19.4. The van der Waals surface area contributed by atoms with Gasteiger partial charge in [0.25, 0.3) is 0 Å². The number of hydrogen-bond acceptors (Lipinski definition) is 8. The molecule has 1 heterocycles. The number of hydrogen-bond donors (Lipinski definition) is 6. The molecule has 2 aromatic rings. The van der Waals surface area contributed by atoms with E-state index < -0.39 is 59.7 Å². The van der Waals surface area contributed by atoms with E-state index >= 15 is 0 Å². The highest BCUT2D eigenvalue weighted by Gasteiger charge is 2.40. The summed E-state index contributed by atoms with van der Waals surface area (Å²) in [7, 11) is 0. The van der Waals surface area contributed by atoms with Crippen molar-refractivity contribution in [2.24, 2.45) is 17.4 Å². The maximum Gasteiger partial charge on any atom is 0.246 e. The Labute approximate surface area is 311 Å². The molecule has 0 radical (unpaired) electrons. The Morgan fingerprint density at radius 3 is 1.94 bits per heavy atom. The van der Waals surface area contributed by atoms with Crippen LogP contribution < -0.4 is 32.7 Å². The molecule has 0 aromatic heterocycles. The van der Waals surface area contributed by atoms with Crippen molar-refractivity contribution in [3.63, 3.8) is 0 Å². The molecule has 0 bridgehead atoms. The molecule has 6 amide bonds. The Morgan fingerprint density at radius 1 is 0.808 bits per heavy atom. The monoisotopic (exact) mass is 737 g/mol. The first-order chi connectivity index (χ1) is 24.9. The summed E-state index contributed by atoms with van der Waals surface area (Å²) in [4.78, 5) is 81.8. The smallest absolute Gasteiger partial charge is 0.246 e. The number of primary amides is 1. The molecule has 0 spiro atoms.